The van der Waals surface area contributed by atoms with Crippen molar-refractivity contribution in [2.75, 3.05) is 16.8 Å². The van der Waals surface area contributed by atoms with Crippen molar-refractivity contribution in [1.82, 2.24) is 0 Å². The highest BCUT2D eigenvalue weighted by atomic mass is 15.1. The van der Waals surface area contributed by atoms with Gasteiger partial charge in [0.1, 0.15) is 0 Å². The summed E-state index contributed by atoms with van der Waals surface area (Å²) in [5.74, 6) is 0. The van der Waals surface area contributed by atoms with Crippen LogP contribution in [0.15, 0.2) is 140 Å². The minimum Gasteiger partial charge on any atom is -0.345 e. The molecule has 0 saturated carbocycles. The van der Waals surface area contributed by atoms with E-state index in [0.717, 1.165) is 17.1 Å². The van der Waals surface area contributed by atoms with Crippen LogP contribution >= 0.6 is 0 Å². The summed E-state index contributed by atoms with van der Waals surface area (Å²) in [5, 5.41) is 4.96. The number of benzene rings is 6. The van der Waals surface area contributed by atoms with Crippen LogP contribution in [0.4, 0.5) is 28.4 Å². The number of anilines is 5. The zero-order valence-corrected chi connectivity index (χ0v) is 19.7. The van der Waals surface area contributed by atoms with Crippen LogP contribution in [0, 0.1) is 0 Å². The molecule has 0 radical (unpaired) electrons. The van der Waals surface area contributed by atoms with Crippen molar-refractivity contribution >= 4 is 50.0 Å². The Morgan fingerprint density at radius 2 is 0.771 bits per heavy atom. The van der Waals surface area contributed by atoms with Gasteiger partial charge >= 0.3 is 0 Å². The number of hydrogen-bond acceptors (Lipinski definition) is 2. The Morgan fingerprint density at radius 1 is 0.343 bits per heavy atom. The molecule has 0 heterocycles. The van der Waals surface area contributed by atoms with Crippen molar-refractivity contribution in [3.8, 4) is 0 Å². The Kier molecular flexibility index (Phi) is 5.40. The maximum absolute atomic E-state index is 2.31. The van der Waals surface area contributed by atoms with Crippen molar-refractivity contribution < 1.29 is 0 Å². The summed E-state index contributed by atoms with van der Waals surface area (Å²) in [7, 11) is 2.12. The molecule has 35 heavy (non-hydrogen) atoms. The van der Waals surface area contributed by atoms with E-state index in [2.05, 4.69) is 156 Å². The fourth-order valence-corrected chi connectivity index (χ4v) is 4.72. The van der Waals surface area contributed by atoms with Crippen molar-refractivity contribution in [1.29, 1.82) is 0 Å². The first-order chi connectivity index (χ1) is 17.3. The van der Waals surface area contributed by atoms with Gasteiger partial charge in [-0.1, -0.05) is 66.7 Å². The molecule has 0 unspecified atom stereocenters. The topological polar surface area (TPSA) is 6.48 Å². The van der Waals surface area contributed by atoms with E-state index in [0.29, 0.717) is 0 Å². The molecule has 0 aliphatic heterocycles. The van der Waals surface area contributed by atoms with Gasteiger partial charge in [-0.25, -0.2) is 0 Å². The summed E-state index contributed by atoms with van der Waals surface area (Å²) in [6.07, 6.45) is 0. The predicted molar refractivity (Wildman–Crippen MR) is 151 cm³/mol. The summed E-state index contributed by atoms with van der Waals surface area (Å²) >= 11 is 0. The van der Waals surface area contributed by atoms with Gasteiger partial charge in [0.25, 0.3) is 0 Å². The van der Waals surface area contributed by atoms with Crippen LogP contribution in [0.5, 0.6) is 0 Å². The van der Waals surface area contributed by atoms with E-state index in [1.54, 1.807) is 0 Å². The fraction of sp³-hybridized carbons (Fsp3) is 0.0303. The smallest absolute Gasteiger partial charge is 0.0468 e. The van der Waals surface area contributed by atoms with Crippen LogP contribution in [-0.2, 0) is 0 Å². The first-order valence-electron chi connectivity index (χ1n) is 11.9. The third-order valence-corrected chi connectivity index (χ3v) is 6.58. The molecule has 0 amide bonds. The van der Waals surface area contributed by atoms with Gasteiger partial charge in [-0.2, -0.15) is 0 Å². The Bertz CT molecular complexity index is 1550. The number of para-hydroxylation sites is 3. The van der Waals surface area contributed by atoms with E-state index < -0.39 is 0 Å². The molecule has 6 aromatic carbocycles. The minimum atomic E-state index is 1.15. The van der Waals surface area contributed by atoms with E-state index >= 15 is 0 Å². The molecule has 6 rings (SSSR count). The quantitative estimate of drug-likeness (QED) is 0.242. The molecule has 0 aliphatic rings. The van der Waals surface area contributed by atoms with E-state index in [4.69, 9.17) is 0 Å². The van der Waals surface area contributed by atoms with Crippen LogP contribution in [0.2, 0.25) is 0 Å². The van der Waals surface area contributed by atoms with Gasteiger partial charge in [0, 0.05) is 35.5 Å². The molecule has 0 fully saturated rings. The number of hydrogen-bond donors (Lipinski definition) is 0. The van der Waals surface area contributed by atoms with E-state index in [1.165, 1.54) is 32.9 Å². The molecule has 0 N–H and O–H groups in total. The highest BCUT2D eigenvalue weighted by Gasteiger charge is 2.13. The minimum absolute atomic E-state index is 1.15. The Balaban J connectivity index is 1.43. The SMILES string of the molecule is CN(c1ccccc1)c1ccc2cc3cc(N(c4ccccc4)c4ccccc4)ccc3cc2c1. The van der Waals surface area contributed by atoms with Gasteiger partial charge in [-0.3, -0.25) is 0 Å². The third kappa shape index (κ3) is 4.11. The van der Waals surface area contributed by atoms with Crippen LogP contribution in [-0.4, -0.2) is 7.05 Å². The molecule has 0 atom stereocenters. The second kappa shape index (κ2) is 9.00. The summed E-state index contributed by atoms with van der Waals surface area (Å²) in [6.45, 7) is 0. The van der Waals surface area contributed by atoms with E-state index in [-0.39, 0.29) is 0 Å². The molecule has 0 bridgehead atoms. The zero-order valence-electron chi connectivity index (χ0n) is 19.7. The first-order valence-corrected chi connectivity index (χ1v) is 11.9. The second-order valence-electron chi connectivity index (χ2n) is 8.82. The molecule has 0 aromatic heterocycles. The highest BCUT2D eigenvalue weighted by Crippen LogP contribution is 2.37. The molecule has 168 valence electrons. The van der Waals surface area contributed by atoms with Crippen LogP contribution in [0.25, 0.3) is 21.5 Å². The van der Waals surface area contributed by atoms with Gasteiger partial charge in [0.05, 0.1) is 0 Å². The van der Waals surface area contributed by atoms with Gasteiger partial charge in [0.2, 0.25) is 0 Å². The molecule has 6 aromatic rings. The molecule has 0 saturated heterocycles. The average Bonchev–Trinajstić information content (AvgIpc) is 2.93. The van der Waals surface area contributed by atoms with Crippen molar-refractivity contribution in [2.45, 2.75) is 0 Å². The lowest BCUT2D eigenvalue weighted by molar-refractivity contribution is 1.21. The molecule has 0 aliphatic carbocycles. The monoisotopic (exact) mass is 450 g/mol. The van der Waals surface area contributed by atoms with Crippen LogP contribution < -0.4 is 9.80 Å². The van der Waals surface area contributed by atoms with E-state index in [1.807, 2.05) is 0 Å². The van der Waals surface area contributed by atoms with Crippen LogP contribution in [0.3, 0.4) is 0 Å². The molecule has 2 heteroatoms. The summed E-state index contributed by atoms with van der Waals surface area (Å²) in [6, 6.07) is 49.6. The predicted octanol–water partition coefficient (Wildman–Crippen LogP) is 9.23. The van der Waals surface area contributed by atoms with Gasteiger partial charge < -0.3 is 9.80 Å². The Labute approximate surface area is 206 Å². The average molecular weight is 451 g/mol. The number of nitrogens with zero attached hydrogens (tertiary/aromatic N) is 2. The Morgan fingerprint density at radius 3 is 1.29 bits per heavy atom. The molecular weight excluding hydrogens is 424 g/mol. The summed E-state index contributed by atoms with van der Waals surface area (Å²) in [4.78, 5) is 4.53. The van der Waals surface area contributed by atoms with Crippen LogP contribution in [0.1, 0.15) is 0 Å². The zero-order chi connectivity index (χ0) is 23.6. The molecular formula is C33H26N2. The highest BCUT2D eigenvalue weighted by molar-refractivity contribution is 6.01. The first kappa shape index (κ1) is 21.0. The largest absolute Gasteiger partial charge is 0.345 e. The van der Waals surface area contributed by atoms with Gasteiger partial charge in [0.15, 0.2) is 0 Å². The third-order valence-electron chi connectivity index (χ3n) is 6.58. The second-order valence-corrected chi connectivity index (χ2v) is 8.82. The van der Waals surface area contributed by atoms with Crippen molar-refractivity contribution in [3.05, 3.63) is 140 Å². The lowest BCUT2D eigenvalue weighted by Gasteiger charge is -2.25. The fourth-order valence-electron chi connectivity index (χ4n) is 4.72. The maximum Gasteiger partial charge on any atom is 0.0468 e. The standard InChI is InChI=1S/C33H26N2/c1-34(29-11-5-2-6-12-29)32-19-17-25-22-28-24-33(20-18-26(28)21-27(25)23-32)35(30-13-7-3-8-14-30)31-15-9-4-10-16-31/h2-24H,1H3. The normalized spacial score (nSPS) is 11.0. The lowest BCUT2D eigenvalue weighted by atomic mass is 10.0. The maximum atomic E-state index is 2.31. The summed E-state index contributed by atoms with van der Waals surface area (Å²) in [5.41, 5.74) is 5.80. The number of fused-ring (bicyclic) bond motifs is 2. The summed E-state index contributed by atoms with van der Waals surface area (Å²) < 4.78 is 0. The van der Waals surface area contributed by atoms with E-state index in [9.17, 15) is 0 Å². The number of rotatable bonds is 5. The lowest BCUT2D eigenvalue weighted by Crippen LogP contribution is -2.09. The molecule has 2 nitrogen and oxygen atoms in total. The molecule has 0 spiro atoms. The van der Waals surface area contributed by atoms with Crippen molar-refractivity contribution in [2.24, 2.45) is 0 Å². The van der Waals surface area contributed by atoms with Gasteiger partial charge in [-0.15, -0.1) is 0 Å². The van der Waals surface area contributed by atoms with Crippen molar-refractivity contribution in [3.63, 3.8) is 0 Å². The Hall–Kier alpha value is -4.56. The van der Waals surface area contributed by atoms with Gasteiger partial charge in [-0.05, 0) is 94.3 Å².